The van der Waals surface area contributed by atoms with Gasteiger partial charge in [-0.2, -0.15) is 0 Å². The van der Waals surface area contributed by atoms with E-state index in [2.05, 4.69) is 19.6 Å². The van der Waals surface area contributed by atoms with Crippen molar-refractivity contribution < 1.29 is 52.4 Å². The third-order valence-corrected chi connectivity index (χ3v) is 7.76. The number of hydrogen-bond acceptors (Lipinski definition) is 14. The molecule has 19 heteroatoms. The van der Waals surface area contributed by atoms with Crippen LogP contribution in [0.1, 0.15) is 63.6 Å². The summed E-state index contributed by atoms with van der Waals surface area (Å²) in [6, 6.07) is 5.35. The summed E-state index contributed by atoms with van der Waals surface area (Å²) in [4.78, 5) is 51.1. The van der Waals surface area contributed by atoms with E-state index in [0.717, 1.165) is 10.6 Å². The Balaban J connectivity index is 2.15. The highest BCUT2D eigenvalue weighted by molar-refractivity contribution is 7.92. The standard InChI is InChI=1S/C28H38FN5O12S/c1-17(2)26-24(27(19-6-8-20(29)9-7-19)31-28(30-26)32(4)47(5,42)43)11-10-21(35)15-22(36)16-25(37)44-13-12-23(46-34(40)41)14-18(3)45-33(38)39/h6-11,17-18,21-23,35-36H,12-16H2,1-5H3/b11-10+/t18?,21-,22-,23?/m1/s1. The number of esters is 1. The molecule has 17 nitrogen and oxygen atoms in total. The average molecular weight is 688 g/mol. The molecule has 0 aliphatic heterocycles. The Hall–Kier alpha value is -4.49. The quantitative estimate of drug-likeness (QED) is 0.123. The second-order valence-corrected chi connectivity index (χ2v) is 12.9. The number of nitrogens with zero attached hydrogens (tertiary/aromatic N) is 5. The van der Waals surface area contributed by atoms with E-state index < -0.39 is 62.8 Å². The molecule has 1 heterocycles. The largest absolute Gasteiger partial charge is 0.466 e. The number of aromatic nitrogens is 2. The number of benzene rings is 1. The van der Waals surface area contributed by atoms with Crippen molar-refractivity contribution >= 4 is 28.0 Å². The number of halogens is 1. The SMILES string of the molecule is CC(CC(CCOC(=O)C[C@H](O)C[C@H](O)/C=C/c1c(-c2ccc(F)cc2)nc(N(C)S(C)(=O)=O)nc1C(C)C)O[N+](=O)[O-])O[N+](=O)[O-]. The van der Waals surface area contributed by atoms with Gasteiger partial charge in [-0.05, 0) is 37.1 Å². The second kappa shape index (κ2) is 17.4. The number of ether oxygens (including phenoxy) is 1. The number of anilines is 1. The minimum absolute atomic E-state index is 0.113. The van der Waals surface area contributed by atoms with E-state index in [-0.39, 0.29) is 43.4 Å². The molecule has 1 aromatic heterocycles. The molecule has 2 aromatic rings. The molecule has 0 saturated heterocycles. The summed E-state index contributed by atoms with van der Waals surface area (Å²) in [6.45, 7) is 4.59. The fourth-order valence-corrected chi connectivity index (χ4v) is 4.67. The Labute approximate surface area is 270 Å². The van der Waals surface area contributed by atoms with Gasteiger partial charge in [-0.1, -0.05) is 26.0 Å². The van der Waals surface area contributed by atoms with Crippen LogP contribution in [0.4, 0.5) is 10.3 Å². The maximum absolute atomic E-state index is 13.7. The normalized spacial score (nSPS) is 14.3. The summed E-state index contributed by atoms with van der Waals surface area (Å²) in [5.41, 5.74) is 1.55. The van der Waals surface area contributed by atoms with Gasteiger partial charge in [-0.25, -0.2) is 27.1 Å². The first kappa shape index (κ1) is 38.7. The maximum atomic E-state index is 13.7. The molecule has 1 aromatic carbocycles. The van der Waals surface area contributed by atoms with Gasteiger partial charge < -0.3 is 24.6 Å². The molecule has 2 rings (SSSR count). The molecular weight excluding hydrogens is 649 g/mol. The zero-order chi connectivity index (χ0) is 35.5. The Kier molecular flexibility index (Phi) is 14.4. The molecule has 0 bridgehead atoms. The van der Waals surface area contributed by atoms with Crippen LogP contribution in [0, 0.1) is 26.0 Å². The van der Waals surface area contributed by atoms with Crippen LogP contribution in [0.25, 0.3) is 17.3 Å². The van der Waals surface area contributed by atoms with Crippen LogP contribution in [0.3, 0.4) is 0 Å². The van der Waals surface area contributed by atoms with Crippen LogP contribution < -0.4 is 4.31 Å². The highest BCUT2D eigenvalue weighted by Gasteiger charge is 2.24. The molecule has 0 aliphatic carbocycles. The molecule has 2 unspecified atom stereocenters. The van der Waals surface area contributed by atoms with Crippen molar-refractivity contribution in [3.05, 3.63) is 67.6 Å². The number of rotatable bonds is 19. The van der Waals surface area contributed by atoms with Crippen molar-refractivity contribution in [3.63, 3.8) is 0 Å². The van der Waals surface area contributed by atoms with Crippen LogP contribution in [0.5, 0.6) is 0 Å². The van der Waals surface area contributed by atoms with Gasteiger partial charge in [0.05, 0.1) is 42.9 Å². The topological polar surface area (TPSA) is 235 Å². The molecule has 0 spiro atoms. The molecule has 0 aliphatic rings. The molecule has 0 radical (unpaired) electrons. The van der Waals surface area contributed by atoms with Gasteiger partial charge in [0.1, 0.15) is 18.0 Å². The highest BCUT2D eigenvalue weighted by atomic mass is 32.2. The summed E-state index contributed by atoms with van der Waals surface area (Å²) in [7, 11) is -2.43. The van der Waals surface area contributed by atoms with E-state index in [9.17, 15) is 48.0 Å². The zero-order valence-electron chi connectivity index (χ0n) is 26.4. The fourth-order valence-electron chi connectivity index (χ4n) is 4.29. The predicted molar refractivity (Wildman–Crippen MR) is 165 cm³/mol. The Morgan fingerprint density at radius 3 is 2.23 bits per heavy atom. The van der Waals surface area contributed by atoms with Crippen molar-refractivity contribution in [2.75, 3.05) is 24.2 Å². The van der Waals surface area contributed by atoms with Crippen molar-refractivity contribution in [2.45, 2.75) is 76.8 Å². The maximum Gasteiger partial charge on any atom is 0.308 e. The van der Waals surface area contributed by atoms with Gasteiger partial charge >= 0.3 is 5.97 Å². The number of aliphatic hydroxyl groups is 2. The van der Waals surface area contributed by atoms with Crippen molar-refractivity contribution in [2.24, 2.45) is 0 Å². The van der Waals surface area contributed by atoms with Crippen LogP contribution in [-0.2, 0) is 29.2 Å². The van der Waals surface area contributed by atoms with Crippen LogP contribution in [-0.4, -0.2) is 89.1 Å². The predicted octanol–water partition coefficient (Wildman–Crippen LogP) is 2.81. The van der Waals surface area contributed by atoms with Gasteiger partial charge in [0, 0.05) is 37.4 Å². The third-order valence-electron chi connectivity index (χ3n) is 6.61. The lowest BCUT2D eigenvalue weighted by Crippen LogP contribution is -2.27. The van der Waals surface area contributed by atoms with Gasteiger partial charge in [0.25, 0.3) is 10.2 Å². The van der Waals surface area contributed by atoms with Gasteiger partial charge in [-0.15, -0.1) is 20.2 Å². The zero-order valence-corrected chi connectivity index (χ0v) is 27.2. The van der Waals surface area contributed by atoms with E-state index in [1.54, 1.807) is 0 Å². The third kappa shape index (κ3) is 13.0. The number of carbonyl (C=O) groups is 1. The van der Waals surface area contributed by atoms with Gasteiger partial charge in [0.15, 0.2) is 0 Å². The molecule has 0 saturated carbocycles. The number of carbonyl (C=O) groups excluding carboxylic acids is 1. The van der Waals surface area contributed by atoms with Gasteiger partial charge in [-0.3, -0.25) is 4.79 Å². The first-order valence-electron chi connectivity index (χ1n) is 14.3. The lowest BCUT2D eigenvalue weighted by atomic mass is 9.97. The lowest BCUT2D eigenvalue weighted by molar-refractivity contribution is -0.778. The molecule has 260 valence electrons. The Bertz CT molecular complexity index is 1520. The van der Waals surface area contributed by atoms with Crippen LogP contribution in [0.2, 0.25) is 0 Å². The molecular formula is C28H38FN5O12S. The van der Waals surface area contributed by atoms with Gasteiger partial charge in [0.2, 0.25) is 16.0 Å². The minimum atomic E-state index is -3.73. The Morgan fingerprint density at radius 1 is 1.06 bits per heavy atom. The highest BCUT2D eigenvalue weighted by Crippen LogP contribution is 2.32. The molecule has 0 fully saturated rings. The minimum Gasteiger partial charge on any atom is -0.466 e. The summed E-state index contributed by atoms with van der Waals surface area (Å²) in [5, 5.41) is 40.1. The first-order chi connectivity index (χ1) is 21.9. The second-order valence-electron chi connectivity index (χ2n) is 10.9. The average Bonchev–Trinajstić information content (AvgIpc) is 2.94. The van der Waals surface area contributed by atoms with E-state index in [0.29, 0.717) is 16.8 Å². The molecule has 47 heavy (non-hydrogen) atoms. The van der Waals surface area contributed by atoms with Crippen molar-refractivity contribution in [1.82, 2.24) is 9.97 Å². The number of sulfonamides is 1. The Morgan fingerprint density at radius 2 is 1.68 bits per heavy atom. The van der Waals surface area contributed by atoms with Crippen molar-refractivity contribution in [3.8, 4) is 11.3 Å². The van der Waals surface area contributed by atoms with E-state index in [1.807, 2.05) is 13.8 Å². The van der Waals surface area contributed by atoms with E-state index >= 15 is 0 Å². The van der Waals surface area contributed by atoms with E-state index in [1.165, 1.54) is 50.4 Å². The first-order valence-corrected chi connectivity index (χ1v) is 16.2. The molecule has 4 atom stereocenters. The van der Waals surface area contributed by atoms with Crippen LogP contribution in [0.15, 0.2) is 30.3 Å². The van der Waals surface area contributed by atoms with E-state index in [4.69, 9.17) is 4.74 Å². The molecule has 2 N–H and O–H groups in total. The number of aliphatic hydroxyl groups excluding tert-OH is 2. The van der Waals surface area contributed by atoms with Crippen molar-refractivity contribution in [1.29, 1.82) is 0 Å². The summed E-state index contributed by atoms with van der Waals surface area (Å²) >= 11 is 0. The smallest absolute Gasteiger partial charge is 0.308 e. The summed E-state index contributed by atoms with van der Waals surface area (Å²) in [5.74, 6) is -1.73. The molecule has 0 amide bonds. The number of hydrogen-bond donors (Lipinski definition) is 2. The summed E-state index contributed by atoms with van der Waals surface area (Å²) in [6.07, 6.45) is -2.25. The lowest BCUT2D eigenvalue weighted by Gasteiger charge is -2.20. The summed E-state index contributed by atoms with van der Waals surface area (Å²) < 4.78 is 44.0. The fraction of sp³-hybridized carbons (Fsp3) is 0.536. The van der Waals surface area contributed by atoms with Crippen LogP contribution >= 0.6 is 0 Å². The monoisotopic (exact) mass is 687 g/mol.